The highest BCUT2D eigenvalue weighted by Crippen LogP contribution is 2.10. The van der Waals surface area contributed by atoms with E-state index in [2.05, 4.69) is 27.7 Å². The zero-order chi connectivity index (χ0) is 10.3. The van der Waals surface area contributed by atoms with Crippen LogP contribution in [-0.2, 0) is 9.47 Å². The number of ether oxygens (including phenoxy) is 2. The Labute approximate surface area is 90.4 Å². The first kappa shape index (κ1) is 13.5. The van der Waals surface area contributed by atoms with Gasteiger partial charge in [-0.2, -0.15) is 0 Å². The number of rotatable bonds is 7. The smallest absolute Gasteiger partial charge is 0.219 e. The summed E-state index contributed by atoms with van der Waals surface area (Å²) >= 11 is 1.14. The summed E-state index contributed by atoms with van der Waals surface area (Å²) in [5, 5.41) is 1.06. The van der Waals surface area contributed by atoms with Crippen molar-refractivity contribution in [3.05, 3.63) is 0 Å². The van der Waals surface area contributed by atoms with Gasteiger partial charge in [-0.05, 0) is 26.7 Å². The van der Waals surface area contributed by atoms with Gasteiger partial charge < -0.3 is 9.47 Å². The van der Waals surface area contributed by atoms with Crippen molar-refractivity contribution in [1.29, 1.82) is 0 Å². The molecule has 0 aromatic carbocycles. The van der Waals surface area contributed by atoms with Crippen LogP contribution in [0.25, 0.3) is 0 Å². The first-order chi connectivity index (χ1) is 6.13. The van der Waals surface area contributed by atoms with E-state index in [1.807, 2.05) is 0 Å². The molecule has 0 aliphatic carbocycles. The van der Waals surface area contributed by atoms with Gasteiger partial charge in [-0.3, -0.25) is 0 Å². The lowest BCUT2D eigenvalue weighted by atomic mass is 10.3. The number of hydrogen-bond donors (Lipinski definition) is 0. The average molecular weight is 202 g/mol. The van der Waals surface area contributed by atoms with Gasteiger partial charge in [-0.25, -0.2) is 0 Å². The lowest BCUT2D eigenvalue weighted by molar-refractivity contribution is -0.177. The molecule has 0 bridgehead atoms. The fourth-order valence-corrected chi connectivity index (χ4v) is 1.32. The van der Waals surface area contributed by atoms with Crippen LogP contribution < -0.4 is 0 Å². The molecule has 78 valence electrons. The van der Waals surface area contributed by atoms with E-state index in [0.29, 0.717) is 12.2 Å². The lowest BCUT2D eigenvalue weighted by Crippen LogP contribution is -2.25. The van der Waals surface area contributed by atoms with Crippen molar-refractivity contribution in [1.82, 2.24) is 0 Å². The third-order valence-corrected chi connectivity index (χ3v) is 2.92. The van der Waals surface area contributed by atoms with Crippen molar-refractivity contribution in [2.75, 3.05) is 0 Å². The summed E-state index contributed by atoms with van der Waals surface area (Å²) in [6.45, 7) is 8.48. The molecule has 0 heterocycles. The predicted octanol–water partition coefficient (Wildman–Crippen LogP) is 1.99. The van der Waals surface area contributed by atoms with E-state index in [1.54, 1.807) is 0 Å². The molecular weight excluding hydrogens is 179 g/mol. The Morgan fingerprint density at radius 3 is 1.62 bits per heavy atom. The maximum atomic E-state index is 5.73. The standard InChI is InChI=1S/C10H21O2.Al.2H/c1-6-8(3)11-10(5)12-9(4)7-2;;;/h8-10H,5-7H2,1-4H3;;;. The molecule has 13 heavy (non-hydrogen) atoms. The van der Waals surface area contributed by atoms with E-state index in [9.17, 15) is 0 Å². The monoisotopic (exact) mass is 202 g/mol. The molecule has 0 saturated carbocycles. The molecule has 2 nitrogen and oxygen atoms in total. The zero-order valence-corrected chi connectivity index (χ0v) is 11.7. The van der Waals surface area contributed by atoms with Gasteiger partial charge in [0.25, 0.3) is 0 Å². The molecule has 0 aliphatic heterocycles. The third-order valence-electron chi connectivity index (χ3n) is 2.25. The number of hydrogen-bond acceptors (Lipinski definition) is 2. The van der Waals surface area contributed by atoms with Crippen LogP contribution in [0, 0.1) is 0 Å². The van der Waals surface area contributed by atoms with Crippen molar-refractivity contribution in [3.8, 4) is 0 Å². The Morgan fingerprint density at radius 2 is 1.38 bits per heavy atom. The minimum absolute atomic E-state index is 0.0385. The molecular formula is C10H23AlO2. The van der Waals surface area contributed by atoms with Crippen LogP contribution >= 0.6 is 0 Å². The molecule has 0 fully saturated rings. The van der Waals surface area contributed by atoms with E-state index in [-0.39, 0.29) is 6.29 Å². The van der Waals surface area contributed by atoms with Crippen molar-refractivity contribution in [3.63, 3.8) is 0 Å². The highest BCUT2D eigenvalue weighted by Gasteiger charge is 2.12. The molecule has 0 aliphatic rings. The topological polar surface area (TPSA) is 18.5 Å². The fourth-order valence-electron chi connectivity index (χ4n) is 0.935. The Kier molecular flexibility index (Phi) is 8.09. The molecule has 3 heteroatoms. The van der Waals surface area contributed by atoms with E-state index in [0.717, 1.165) is 34.4 Å². The Balaban J connectivity index is 3.74. The average Bonchev–Trinajstić information content (AvgIpc) is 2.16. The van der Waals surface area contributed by atoms with Crippen LogP contribution in [0.5, 0.6) is 0 Å². The first-order valence-corrected chi connectivity index (χ1v) is 6.86. The Morgan fingerprint density at radius 1 is 1.00 bits per heavy atom. The van der Waals surface area contributed by atoms with Gasteiger partial charge in [0, 0.05) is 0 Å². The summed E-state index contributed by atoms with van der Waals surface area (Å²) in [5.74, 6) is 0. The van der Waals surface area contributed by atoms with Crippen LogP contribution in [0.2, 0.25) is 5.28 Å². The van der Waals surface area contributed by atoms with E-state index >= 15 is 0 Å². The van der Waals surface area contributed by atoms with Crippen LogP contribution in [-0.4, -0.2) is 34.8 Å². The molecule has 0 N–H and O–H groups in total. The normalized spacial score (nSPS) is 18.2. The maximum absolute atomic E-state index is 5.73. The van der Waals surface area contributed by atoms with Gasteiger partial charge in [-0.1, -0.05) is 19.1 Å². The Hall–Kier alpha value is 0.452. The second-order valence-electron chi connectivity index (χ2n) is 3.55. The maximum Gasteiger partial charge on any atom is 0.219 e. The highest BCUT2D eigenvalue weighted by molar-refractivity contribution is 6.08. The van der Waals surface area contributed by atoms with Crippen molar-refractivity contribution in [2.45, 2.75) is 64.3 Å². The molecule has 2 atom stereocenters. The van der Waals surface area contributed by atoms with Crippen molar-refractivity contribution in [2.24, 2.45) is 0 Å². The predicted molar refractivity (Wildman–Crippen MR) is 58.8 cm³/mol. The van der Waals surface area contributed by atoms with E-state index in [4.69, 9.17) is 9.47 Å². The summed E-state index contributed by atoms with van der Waals surface area (Å²) in [7, 11) is 0. The van der Waals surface area contributed by atoms with Crippen LogP contribution in [0.3, 0.4) is 0 Å². The summed E-state index contributed by atoms with van der Waals surface area (Å²) < 4.78 is 11.5. The molecule has 2 unspecified atom stereocenters. The second-order valence-corrected chi connectivity index (χ2v) is 4.36. The van der Waals surface area contributed by atoms with Gasteiger partial charge >= 0.3 is 0 Å². The summed E-state index contributed by atoms with van der Waals surface area (Å²) in [6.07, 6.45) is 2.80. The van der Waals surface area contributed by atoms with E-state index in [1.165, 1.54) is 0 Å². The molecule has 0 aromatic rings. The lowest BCUT2D eigenvalue weighted by Gasteiger charge is -2.24. The van der Waals surface area contributed by atoms with E-state index < -0.39 is 0 Å². The summed E-state index contributed by atoms with van der Waals surface area (Å²) in [5.41, 5.74) is 0. The van der Waals surface area contributed by atoms with Crippen molar-refractivity contribution < 1.29 is 9.47 Å². The van der Waals surface area contributed by atoms with Crippen LogP contribution in [0.4, 0.5) is 0 Å². The van der Waals surface area contributed by atoms with Crippen LogP contribution in [0.1, 0.15) is 40.5 Å². The van der Waals surface area contributed by atoms with Gasteiger partial charge in [0.1, 0.15) is 6.29 Å². The molecule has 0 radical (unpaired) electrons. The minimum Gasteiger partial charge on any atom is -0.351 e. The third kappa shape index (κ3) is 6.51. The summed E-state index contributed by atoms with van der Waals surface area (Å²) in [4.78, 5) is 0. The van der Waals surface area contributed by atoms with Crippen molar-refractivity contribution >= 4 is 16.3 Å². The second kappa shape index (κ2) is 7.82. The zero-order valence-electron chi connectivity index (χ0n) is 9.67. The largest absolute Gasteiger partial charge is 0.351 e. The van der Waals surface area contributed by atoms with Gasteiger partial charge in [0.15, 0.2) is 0 Å². The molecule has 0 rings (SSSR count). The minimum atomic E-state index is 0.0385. The highest BCUT2D eigenvalue weighted by atomic mass is 27.0. The first-order valence-electron chi connectivity index (χ1n) is 5.44. The summed E-state index contributed by atoms with van der Waals surface area (Å²) in [6, 6.07) is 0. The van der Waals surface area contributed by atoms with Crippen LogP contribution in [0.15, 0.2) is 0 Å². The Bertz CT molecular complexity index is 107. The quantitative estimate of drug-likeness (QED) is 0.464. The SMILES string of the molecule is CCC(C)OC([CH2][AlH2])OC(C)CC. The van der Waals surface area contributed by atoms with Gasteiger partial charge in [-0.15, -0.1) is 0 Å². The molecule has 0 saturated heterocycles. The van der Waals surface area contributed by atoms with Gasteiger partial charge in [0.05, 0.1) is 12.2 Å². The fraction of sp³-hybridized carbons (Fsp3) is 1.00. The molecule has 0 spiro atoms. The molecule has 0 aromatic heterocycles. The van der Waals surface area contributed by atoms with Gasteiger partial charge in [0.2, 0.25) is 16.3 Å². The molecule has 0 amide bonds.